The highest BCUT2D eigenvalue weighted by Crippen LogP contribution is 2.42. The molecule has 0 bridgehead atoms. The number of halogens is 1. The summed E-state index contributed by atoms with van der Waals surface area (Å²) < 4.78 is 5.44. The highest BCUT2D eigenvalue weighted by Gasteiger charge is 2.35. The lowest BCUT2D eigenvalue weighted by molar-refractivity contribution is -0.131. The van der Waals surface area contributed by atoms with Gasteiger partial charge in [-0.3, -0.25) is 4.79 Å². The molecule has 4 rings (SSSR count). The van der Waals surface area contributed by atoms with E-state index < -0.39 is 0 Å². The van der Waals surface area contributed by atoms with Gasteiger partial charge in [0, 0.05) is 34.8 Å². The fraction of sp³-hybridized carbons (Fsp3) is 0.500. The van der Waals surface area contributed by atoms with Crippen molar-refractivity contribution in [1.29, 1.82) is 0 Å². The summed E-state index contributed by atoms with van der Waals surface area (Å²) in [6, 6.07) is 4.23. The zero-order chi connectivity index (χ0) is 16.0. The van der Waals surface area contributed by atoms with Crippen molar-refractivity contribution in [2.24, 2.45) is 0 Å². The number of aryl methyl sites for hydroxylation is 1. The van der Waals surface area contributed by atoms with Gasteiger partial charge in [-0.25, -0.2) is 0 Å². The lowest BCUT2D eigenvalue weighted by atomic mass is 9.75. The Hall–Kier alpha value is -1.52. The molecular formula is C18H21ClN2O2. The fourth-order valence-corrected chi connectivity index (χ4v) is 3.95. The smallest absolute Gasteiger partial charge is 0.249 e. The van der Waals surface area contributed by atoms with Crippen LogP contribution >= 0.6 is 11.6 Å². The molecule has 0 spiro atoms. The van der Waals surface area contributed by atoms with Crippen LogP contribution in [0.2, 0.25) is 5.02 Å². The molecule has 1 aromatic heterocycles. The minimum atomic E-state index is -0.233. The molecule has 1 aliphatic heterocycles. The Balaban J connectivity index is 1.44. The third kappa shape index (κ3) is 2.64. The molecule has 23 heavy (non-hydrogen) atoms. The van der Waals surface area contributed by atoms with Crippen LogP contribution in [0.5, 0.6) is 0 Å². The van der Waals surface area contributed by atoms with Gasteiger partial charge < -0.3 is 15.0 Å². The summed E-state index contributed by atoms with van der Waals surface area (Å²) in [5.74, 6) is 0.541. The first-order chi connectivity index (χ1) is 11.1. The van der Waals surface area contributed by atoms with E-state index in [2.05, 4.69) is 23.4 Å². The van der Waals surface area contributed by atoms with Crippen LogP contribution in [0, 0.1) is 6.92 Å². The van der Waals surface area contributed by atoms with Crippen LogP contribution in [-0.2, 0) is 9.53 Å². The molecule has 5 heteroatoms. The zero-order valence-corrected chi connectivity index (χ0v) is 14.0. The van der Waals surface area contributed by atoms with E-state index in [1.54, 1.807) is 0 Å². The monoisotopic (exact) mass is 332 g/mol. The van der Waals surface area contributed by atoms with E-state index in [9.17, 15) is 4.79 Å². The van der Waals surface area contributed by atoms with Crippen LogP contribution < -0.4 is 5.32 Å². The highest BCUT2D eigenvalue weighted by molar-refractivity contribution is 6.32. The van der Waals surface area contributed by atoms with E-state index in [1.165, 1.54) is 10.9 Å². The lowest BCUT2D eigenvalue weighted by Crippen LogP contribution is -2.47. The first-order valence-corrected chi connectivity index (χ1v) is 8.69. The number of rotatable bonds is 3. The molecule has 2 heterocycles. The second kappa shape index (κ2) is 5.84. The molecule has 122 valence electrons. The maximum Gasteiger partial charge on any atom is 0.249 e. The fourth-order valence-electron chi connectivity index (χ4n) is 3.80. The number of fused-ring (bicyclic) bond motifs is 1. The quantitative estimate of drug-likeness (QED) is 0.901. The summed E-state index contributed by atoms with van der Waals surface area (Å²) in [6.07, 6.45) is 5.66. The molecule has 2 aliphatic rings. The van der Waals surface area contributed by atoms with E-state index in [-0.39, 0.29) is 18.1 Å². The van der Waals surface area contributed by atoms with Crippen molar-refractivity contribution >= 4 is 28.4 Å². The number of ether oxygens (including phenoxy) is 1. The topological polar surface area (TPSA) is 54.1 Å². The second-order valence-electron chi connectivity index (χ2n) is 6.71. The summed E-state index contributed by atoms with van der Waals surface area (Å²) in [4.78, 5) is 15.4. The van der Waals surface area contributed by atoms with E-state index in [4.69, 9.17) is 16.3 Å². The second-order valence-corrected chi connectivity index (χ2v) is 7.12. The molecule has 1 saturated carbocycles. The van der Waals surface area contributed by atoms with Gasteiger partial charge in [0.05, 0.1) is 0 Å². The molecule has 2 N–H and O–H groups in total. The Bertz CT molecular complexity index is 743. The van der Waals surface area contributed by atoms with Crippen LogP contribution in [0.25, 0.3) is 10.9 Å². The number of amides is 1. The van der Waals surface area contributed by atoms with Gasteiger partial charge in [0.25, 0.3) is 0 Å². The molecular weight excluding hydrogens is 312 g/mol. The summed E-state index contributed by atoms with van der Waals surface area (Å²) in [5.41, 5.74) is 3.59. The van der Waals surface area contributed by atoms with E-state index in [1.807, 2.05) is 12.1 Å². The first-order valence-electron chi connectivity index (χ1n) is 8.31. The zero-order valence-electron chi connectivity index (χ0n) is 13.2. The predicted octanol–water partition coefficient (Wildman–Crippen LogP) is 3.67. The molecule has 4 nitrogen and oxygen atoms in total. The van der Waals surface area contributed by atoms with Gasteiger partial charge >= 0.3 is 0 Å². The van der Waals surface area contributed by atoms with E-state index >= 15 is 0 Å². The van der Waals surface area contributed by atoms with Crippen molar-refractivity contribution in [1.82, 2.24) is 10.3 Å². The summed E-state index contributed by atoms with van der Waals surface area (Å²) in [5, 5.41) is 5.17. The average Bonchev–Trinajstić information content (AvgIpc) is 3.15. The number of carbonyl (C=O) groups excluding carboxylic acids is 1. The summed E-state index contributed by atoms with van der Waals surface area (Å²) in [6.45, 7) is 2.78. The molecule has 1 aromatic carbocycles. The van der Waals surface area contributed by atoms with Crippen LogP contribution in [-0.4, -0.2) is 29.6 Å². The number of nitrogens with one attached hydrogen (secondary N) is 2. The normalized spacial score (nSPS) is 27.1. The van der Waals surface area contributed by atoms with Crippen LogP contribution in [0.3, 0.4) is 0 Å². The summed E-state index contributed by atoms with van der Waals surface area (Å²) in [7, 11) is 0. The Kier molecular flexibility index (Phi) is 3.82. The van der Waals surface area contributed by atoms with Crippen molar-refractivity contribution in [2.75, 3.05) is 6.61 Å². The Morgan fingerprint density at radius 3 is 2.96 bits per heavy atom. The van der Waals surface area contributed by atoms with Gasteiger partial charge in [-0.15, -0.1) is 0 Å². The first kappa shape index (κ1) is 15.0. The molecule has 1 amide bonds. The minimum absolute atomic E-state index is 0.0594. The largest absolute Gasteiger partial charge is 0.368 e. The Labute approximate surface area is 140 Å². The molecule has 2 fully saturated rings. The maximum atomic E-state index is 12.1. The number of aromatic amines is 1. The predicted molar refractivity (Wildman–Crippen MR) is 90.9 cm³/mol. The number of H-pyrrole nitrogens is 1. The molecule has 1 saturated heterocycles. The Morgan fingerprint density at radius 1 is 1.39 bits per heavy atom. The summed E-state index contributed by atoms with van der Waals surface area (Å²) >= 11 is 6.27. The van der Waals surface area contributed by atoms with Crippen LogP contribution in [0.15, 0.2) is 18.3 Å². The van der Waals surface area contributed by atoms with Crippen LogP contribution in [0.1, 0.15) is 42.7 Å². The number of hydrogen-bond acceptors (Lipinski definition) is 2. The van der Waals surface area contributed by atoms with Crippen LogP contribution in [0.4, 0.5) is 0 Å². The average molecular weight is 333 g/mol. The van der Waals surface area contributed by atoms with Gasteiger partial charge in [0.1, 0.15) is 6.10 Å². The third-order valence-electron chi connectivity index (χ3n) is 5.22. The standard InChI is InChI=1S/C18H21ClN2O2/c1-10-14(19)4-5-15-17(10)13(9-20-15)11-7-12(8-11)21-18(22)16-3-2-6-23-16/h4-5,9,11-12,16,20H,2-3,6-8H2,1H3,(H,21,22)/t11-,12+,16-/m0/s1. The van der Waals surface area contributed by atoms with Crippen molar-refractivity contribution < 1.29 is 9.53 Å². The van der Waals surface area contributed by atoms with Crippen molar-refractivity contribution in [3.05, 3.63) is 34.5 Å². The SMILES string of the molecule is Cc1c(Cl)ccc2[nH]cc([C@H]3C[C@@H](NC(=O)[C@@H]4CCCO4)C3)c12. The van der Waals surface area contributed by atoms with E-state index in [0.29, 0.717) is 12.5 Å². The Morgan fingerprint density at radius 2 is 2.22 bits per heavy atom. The van der Waals surface area contributed by atoms with Crippen molar-refractivity contribution in [3.8, 4) is 0 Å². The van der Waals surface area contributed by atoms with Crippen molar-refractivity contribution in [3.63, 3.8) is 0 Å². The number of hydrogen-bond donors (Lipinski definition) is 2. The highest BCUT2D eigenvalue weighted by atomic mass is 35.5. The number of carbonyl (C=O) groups is 1. The molecule has 1 atom stereocenters. The maximum absolute atomic E-state index is 12.1. The lowest BCUT2D eigenvalue weighted by Gasteiger charge is -2.36. The number of aromatic nitrogens is 1. The van der Waals surface area contributed by atoms with Gasteiger partial charge in [-0.1, -0.05) is 11.6 Å². The molecule has 1 aliphatic carbocycles. The van der Waals surface area contributed by atoms with Gasteiger partial charge in [-0.2, -0.15) is 0 Å². The van der Waals surface area contributed by atoms with E-state index in [0.717, 1.165) is 41.8 Å². The van der Waals surface area contributed by atoms with Crippen molar-refractivity contribution in [2.45, 2.75) is 50.7 Å². The third-order valence-corrected chi connectivity index (χ3v) is 5.63. The number of benzene rings is 1. The minimum Gasteiger partial charge on any atom is -0.368 e. The van der Waals surface area contributed by atoms with Gasteiger partial charge in [-0.05, 0) is 61.8 Å². The van der Waals surface area contributed by atoms with Gasteiger partial charge in [0.2, 0.25) is 5.91 Å². The molecule has 2 aromatic rings. The molecule has 0 radical (unpaired) electrons. The molecule has 0 unspecified atom stereocenters. The van der Waals surface area contributed by atoms with Gasteiger partial charge in [0.15, 0.2) is 0 Å².